The van der Waals surface area contributed by atoms with Gasteiger partial charge in [0.1, 0.15) is 5.69 Å². The molecule has 0 amide bonds. The predicted molar refractivity (Wildman–Crippen MR) is 76.4 cm³/mol. The first-order valence-corrected chi connectivity index (χ1v) is 6.85. The van der Waals surface area contributed by atoms with Gasteiger partial charge in [0.15, 0.2) is 0 Å². The lowest BCUT2D eigenvalue weighted by Crippen LogP contribution is -2.36. The second-order valence-corrected chi connectivity index (χ2v) is 6.47. The Hall–Kier alpha value is -1.27. The second kappa shape index (κ2) is 5.38. The highest BCUT2D eigenvalue weighted by atomic mass is 79.9. The standard InChI is InChI=1S/C13H17BrN4O/c1-13(2,3)10(15)6-11-17-12(18-19-11)9-5-4-8(14)7-16-9/h4-5,7,10H,6,15H2,1-3H3. The number of hydrogen-bond acceptors (Lipinski definition) is 5. The molecule has 0 aliphatic rings. The van der Waals surface area contributed by atoms with E-state index >= 15 is 0 Å². The maximum atomic E-state index is 6.10. The second-order valence-electron chi connectivity index (χ2n) is 5.55. The van der Waals surface area contributed by atoms with Crippen molar-refractivity contribution in [2.75, 3.05) is 0 Å². The Kier molecular flexibility index (Phi) is 4.01. The topological polar surface area (TPSA) is 77.8 Å². The molecule has 6 heteroatoms. The van der Waals surface area contributed by atoms with Gasteiger partial charge in [-0.1, -0.05) is 25.9 Å². The normalized spacial score (nSPS) is 13.5. The molecule has 0 aliphatic carbocycles. The molecule has 5 nitrogen and oxygen atoms in total. The molecule has 1 unspecified atom stereocenters. The quantitative estimate of drug-likeness (QED) is 0.939. The van der Waals surface area contributed by atoms with Gasteiger partial charge in [-0.15, -0.1) is 0 Å². The summed E-state index contributed by atoms with van der Waals surface area (Å²) in [5.41, 5.74) is 6.79. The molecule has 0 spiro atoms. The number of halogens is 1. The molecule has 1 atom stereocenters. The molecule has 0 radical (unpaired) electrons. The fraction of sp³-hybridized carbons (Fsp3) is 0.462. The van der Waals surface area contributed by atoms with Crippen LogP contribution in [0.4, 0.5) is 0 Å². The molecule has 2 aromatic rings. The zero-order valence-electron chi connectivity index (χ0n) is 11.2. The van der Waals surface area contributed by atoms with Crippen molar-refractivity contribution in [1.29, 1.82) is 0 Å². The summed E-state index contributed by atoms with van der Waals surface area (Å²) in [6, 6.07) is 3.69. The third-order valence-electron chi connectivity index (χ3n) is 2.93. The van der Waals surface area contributed by atoms with E-state index in [-0.39, 0.29) is 11.5 Å². The zero-order chi connectivity index (χ0) is 14.0. The van der Waals surface area contributed by atoms with Crippen LogP contribution < -0.4 is 5.73 Å². The van der Waals surface area contributed by atoms with Crippen LogP contribution in [0, 0.1) is 5.41 Å². The number of rotatable bonds is 3. The predicted octanol–water partition coefficient (Wildman–Crippen LogP) is 2.81. The molecule has 0 aliphatic heterocycles. The fourth-order valence-corrected chi connectivity index (χ4v) is 1.68. The Bertz CT molecular complexity index is 545. The Morgan fingerprint density at radius 2 is 2.11 bits per heavy atom. The number of nitrogens with two attached hydrogens (primary N) is 1. The van der Waals surface area contributed by atoms with Gasteiger partial charge < -0.3 is 10.3 Å². The van der Waals surface area contributed by atoms with Gasteiger partial charge in [0.25, 0.3) is 0 Å². The van der Waals surface area contributed by atoms with E-state index in [1.54, 1.807) is 6.20 Å². The average molecular weight is 325 g/mol. The molecule has 0 fully saturated rings. The van der Waals surface area contributed by atoms with E-state index in [0.29, 0.717) is 23.8 Å². The van der Waals surface area contributed by atoms with Gasteiger partial charge in [-0.25, -0.2) is 0 Å². The molecule has 2 heterocycles. The smallest absolute Gasteiger partial charge is 0.228 e. The van der Waals surface area contributed by atoms with Gasteiger partial charge in [-0.05, 0) is 33.5 Å². The van der Waals surface area contributed by atoms with E-state index in [2.05, 4.69) is 51.8 Å². The third-order valence-corrected chi connectivity index (χ3v) is 3.40. The number of pyridine rings is 1. The van der Waals surface area contributed by atoms with Crippen molar-refractivity contribution >= 4 is 15.9 Å². The van der Waals surface area contributed by atoms with Crippen molar-refractivity contribution in [1.82, 2.24) is 15.1 Å². The molecule has 0 aromatic carbocycles. The van der Waals surface area contributed by atoms with E-state index < -0.39 is 0 Å². The molecule has 2 rings (SSSR count). The van der Waals surface area contributed by atoms with Crippen LogP contribution in [0.2, 0.25) is 0 Å². The van der Waals surface area contributed by atoms with E-state index in [4.69, 9.17) is 10.3 Å². The minimum absolute atomic E-state index is 0.00446. The summed E-state index contributed by atoms with van der Waals surface area (Å²) in [6.07, 6.45) is 2.26. The highest BCUT2D eigenvalue weighted by molar-refractivity contribution is 9.10. The van der Waals surface area contributed by atoms with Crippen molar-refractivity contribution in [2.45, 2.75) is 33.2 Å². The maximum absolute atomic E-state index is 6.10. The van der Waals surface area contributed by atoms with Crippen LogP contribution in [0.15, 0.2) is 27.3 Å². The van der Waals surface area contributed by atoms with Crippen molar-refractivity contribution in [3.8, 4) is 11.5 Å². The van der Waals surface area contributed by atoms with Crippen molar-refractivity contribution < 1.29 is 4.52 Å². The van der Waals surface area contributed by atoms with Crippen LogP contribution in [-0.2, 0) is 6.42 Å². The maximum Gasteiger partial charge on any atom is 0.228 e. The summed E-state index contributed by atoms with van der Waals surface area (Å²) in [4.78, 5) is 8.55. The van der Waals surface area contributed by atoms with Crippen LogP contribution in [0.25, 0.3) is 11.5 Å². The van der Waals surface area contributed by atoms with Gasteiger partial charge in [-0.2, -0.15) is 4.98 Å². The Morgan fingerprint density at radius 3 is 2.68 bits per heavy atom. The fourth-order valence-electron chi connectivity index (χ4n) is 1.44. The van der Waals surface area contributed by atoms with Gasteiger partial charge in [0.05, 0.1) is 0 Å². The van der Waals surface area contributed by atoms with E-state index in [1.165, 1.54) is 0 Å². The van der Waals surface area contributed by atoms with E-state index in [0.717, 1.165) is 4.47 Å². The number of hydrogen-bond donors (Lipinski definition) is 1. The summed E-state index contributed by atoms with van der Waals surface area (Å²) >= 11 is 3.33. The van der Waals surface area contributed by atoms with Crippen LogP contribution in [-0.4, -0.2) is 21.2 Å². The minimum atomic E-state index is -0.0290. The monoisotopic (exact) mass is 324 g/mol. The first-order chi connectivity index (χ1) is 8.86. The van der Waals surface area contributed by atoms with Gasteiger partial charge >= 0.3 is 0 Å². The lowest BCUT2D eigenvalue weighted by Gasteiger charge is -2.25. The number of aromatic nitrogens is 3. The molecule has 0 saturated heterocycles. The first-order valence-electron chi connectivity index (χ1n) is 6.06. The molecule has 2 N–H and O–H groups in total. The van der Waals surface area contributed by atoms with Gasteiger partial charge in [0, 0.05) is 23.1 Å². The van der Waals surface area contributed by atoms with Crippen LogP contribution >= 0.6 is 15.9 Å². The lowest BCUT2D eigenvalue weighted by atomic mass is 9.85. The third kappa shape index (κ3) is 3.61. The number of nitrogens with zero attached hydrogens (tertiary/aromatic N) is 3. The first kappa shape index (κ1) is 14.1. The minimum Gasteiger partial charge on any atom is -0.339 e. The highest BCUT2D eigenvalue weighted by Gasteiger charge is 2.23. The molecular weight excluding hydrogens is 308 g/mol. The summed E-state index contributed by atoms with van der Waals surface area (Å²) in [7, 11) is 0. The van der Waals surface area contributed by atoms with Crippen LogP contribution in [0.3, 0.4) is 0 Å². The van der Waals surface area contributed by atoms with Crippen LogP contribution in [0.5, 0.6) is 0 Å². The van der Waals surface area contributed by atoms with Gasteiger partial charge in [-0.3, -0.25) is 4.98 Å². The van der Waals surface area contributed by atoms with Crippen molar-refractivity contribution in [3.63, 3.8) is 0 Å². The summed E-state index contributed by atoms with van der Waals surface area (Å²) < 4.78 is 6.13. The lowest BCUT2D eigenvalue weighted by molar-refractivity contribution is 0.286. The summed E-state index contributed by atoms with van der Waals surface area (Å²) in [5.74, 6) is 1.03. The van der Waals surface area contributed by atoms with Crippen molar-refractivity contribution in [2.24, 2.45) is 11.1 Å². The van der Waals surface area contributed by atoms with Crippen molar-refractivity contribution in [3.05, 3.63) is 28.7 Å². The van der Waals surface area contributed by atoms with E-state index in [9.17, 15) is 0 Å². The Balaban J connectivity index is 2.13. The molecule has 102 valence electrons. The largest absolute Gasteiger partial charge is 0.339 e. The molecular formula is C13H17BrN4O. The Labute approximate surface area is 120 Å². The summed E-state index contributed by atoms with van der Waals surface area (Å²) in [6.45, 7) is 6.27. The average Bonchev–Trinajstić information content (AvgIpc) is 2.77. The van der Waals surface area contributed by atoms with Gasteiger partial charge in [0.2, 0.25) is 11.7 Å². The highest BCUT2D eigenvalue weighted by Crippen LogP contribution is 2.21. The van der Waals surface area contributed by atoms with E-state index in [1.807, 2.05) is 12.1 Å². The Morgan fingerprint density at radius 1 is 1.37 bits per heavy atom. The SMILES string of the molecule is CC(C)(C)C(N)Cc1nc(-c2ccc(Br)cn2)no1. The van der Waals surface area contributed by atoms with Crippen LogP contribution in [0.1, 0.15) is 26.7 Å². The summed E-state index contributed by atoms with van der Waals surface area (Å²) in [5, 5.41) is 3.93. The molecule has 0 bridgehead atoms. The molecule has 0 saturated carbocycles. The zero-order valence-corrected chi connectivity index (χ0v) is 12.8. The molecule has 2 aromatic heterocycles. The molecule has 19 heavy (non-hydrogen) atoms.